The van der Waals surface area contributed by atoms with E-state index < -0.39 is 0 Å². The molecule has 1 atom stereocenters. The number of nitrogens with zero attached hydrogens (tertiary/aromatic N) is 1. The number of nitrogens with two attached hydrogens (primary N) is 1. The van der Waals surface area contributed by atoms with Crippen LogP contribution in [0.4, 0.5) is 0 Å². The van der Waals surface area contributed by atoms with E-state index in [2.05, 4.69) is 4.98 Å². The number of aromatic nitrogens is 1. The number of hydrogen-bond acceptors (Lipinski definition) is 4. The highest BCUT2D eigenvalue weighted by molar-refractivity contribution is 5.32. The lowest BCUT2D eigenvalue weighted by molar-refractivity contribution is 0.213. The molecule has 0 saturated carbocycles. The van der Waals surface area contributed by atoms with Crippen molar-refractivity contribution < 1.29 is 9.47 Å². The first-order chi connectivity index (χ1) is 11.8. The van der Waals surface area contributed by atoms with Crippen LogP contribution in [0.5, 0.6) is 11.5 Å². The van der Waals surface area contributed by atoms with Gasteiger partial charge in [0, 0.05) is 24.5 Å². The molecule has 0 amide bonds. The van der Waals surface area contributed by atoms with E-state index in [0.29, 0.717) is 13.2 Å². The van der Waals surface area contributed by atoms with E-state index in [9.17, 15) is 0 Å². The van der Waals surface area contributed by atoms with Crippen molar-refractivity contribution in [3.05, 3.63) is 90.3 Å². The molecule has 0 aliphatic heterocycles. The molecule has 3 rings (SSSR count). The van der Waals surface area contributed by atoms with Crippen LogP contribution in [0.1, 0.15) is 17.2 Å². The third kappa shape index (κ3) is 4.33. The molecule has 24 heavy (non-hydrogen) atoms. The molecule has 0 spiro atoms. The molecule has 0 radical (unpaired) electrons. The van der Waals surface area contributed by atoms with Crippen molar-refractivity contribution >= 4 is 0 Å². The van der Waals surface area contributed by atoms with Gasteiger partial charge in [0.1, 0.15) is 24.2 Å². The van der Waals surface area contributed by atoms with Crippen LogP contribution < -0.4 is 15.2 Å². The Kier molecular flexibility index (Phi) is 5.43. The highest BCUT2D eigenvalue weighted by Crippen LogP contribution is 2.23. The molecule has 0 aliphatic rings. The topological polar surface area (TPSA) is 57.4 Å². The van der Waals surface area contributed by atoms with Gasteiger partial charge in [0.25, 0.3) is 0 Å². The normalized spacial score (nSPS) is 11.7. The standard InChI is InChI=1S/C20H20N2O2/c21-13-20(17-7-4-12-22-14-17)24-19-10-8-18(9-11-19)23-15-16-5-2-1-3-6-16/h1-12,14,20H,13,15,21H2. The zero-order valence-corrected chi connectivity index (χ0v) is 13.3. The Hall–Kier alpha value is -2.85. The van der Waals surface area contributed by atoms with E-state index in [1.54, 1.807) is 12.4 Å². The minimum absolute atomic E-state index is 0.213. The molecule has 0 aliphatic carbocycles. The first-order valence-electron chi connectivity index (χ1n) is 7.88. The predicted octanol–water partition coefficient (Wildman–Crippen LogP) is 3.74. The van der Waals surface area contributed by atoms with Crippen LogP contribution in [0.25, 0.3) is 0 Å². The number of hydrogen-bond donors (Lipinski definition) is 1. The number of pyridine rings is 1. The molecule has 4 nitrogen and oxygen atoms in total. The monoisotopic (exact) mass is 320 g/mol. The fourth-order valence-electron chi connectivity index (χ4n) is 2.34. The molecular formula is C20H20N2O2. The molecule has 2 aromatic carbocycles. The second-order valence-electron chi connectivity index (χ2n) is 5.37. The van der Waals surface area contributed by atoms with Gasteiger partial charge >= 0.3 is 0 Å². The Bertz CT molecular complexity index is 731. The molecule has 1 unspecified atom stereocenters. The predicted molar refractivity (Wildman–Crippen MR) is 93.9 cm³/mol. The van der Waals surface area contributed by atoms with E-state index >= 15 is 0 Å². The van der Waals surface area contributed by atoms with Gasteiger partial charge in [-0.05, 0) is 35.9 Å². The number of benzene rings is 2. The van der Waals surface area contributed by atoms with Crippen molar-refractivity contribution in [2.45, 2.75) is 12.7 Å². The van der Waals surface area contributed by atoms with Crippen molar-refractivity contribution in [2.75, 3.05) is 6.54 Å². The Morgan fingerprint density at radius 1 is 0.875 bits per heavy atom. The summed E-state index contributed by atoms with van der Waals surface area (Å²) in [5.41, 5.74) is 7.92. The summed E-state index contributed by atoms with van der Waals surface area (Å²) in [6.07, 6.45) is 3.29. The molecule has 1 heterocycles. The van der Waals surface area contributed by atoms with Gasteiger partial charge in [-0.2, -0.15) is 0 Å². The van der Waals surface area contributed by atoms with Gasteiger partial charge in [0.2, 0.25) is 0 Å². The van der Waals surface area contributed by atoms with E-state index in [1.165, 1.54) is 0 Å². The summed E-state index contributed by atoms with van der Waals surface area (Å²) in [7, 11) is 0. The molecule has 0 fully saturated rings. The maximum atomic E-state index is 5.95. The molecule has 0 bridgehead atoms. The molecule has 0 saturated heterocycles. The zero-order valence-electron chi connectivity index (χ0n) is 13.3. The van der Waals surface area contributed by atoms with Gasteiger partial charge in [-0.15, -0.1) is 0 Å². The van der Waals surface area contributed by atoms with E-state index in [0.717, 1.165) is 22.6 Å². The number of ether oxygens (including phenoxy) is 2. The van der Waals surface area contributed by atoms with Gasteiger partial charge in [-0.3, -0.25) is 4.98 Å². The SMILES string of the molecule is NCC(Oc1ccc(OCc2ccccc2)cc1)c1cccnc1. The van der Waals surface area contributed by atoms with Crippen molar-refractivity contribution in [2.24, 2.45) is 5.73 Å². The molecule has 1 aromatic heterocycles. The first kappa shape index (κ1) is 16.0. The summed E-state index contributed by atoms with van der Waals surface area (Å²) in [6, 6.07) is 21.5. The lowest BCUT2D eigenvalue weighted by Crippen LogP contribution is -2.18. The van der Waals surface area contributed by atoms with Gasteiger partial charge < -0.3 is 15.2 Å². The van der Waals surface area contributed by atoms with Crippen LogP contribution in [-0.4, -0.2) is 11.5 Å². The fraction of sp³-hybridized carbons (Fsp3) is 0.150. The Morgan fingerprint density at radius 2 is 1.62 bits per heavy atom. The fourth-order valence-corrected chi connectivity index (χ4v) is 2.34. The summed E-state index contributed by atoms with van der Waals surface area (Å²) < 4.78 is 11.7. The average molecular weight is 320 g/mol. The van der Waals surface area contributed by atoms with Gasteiger partial charge in [0.05, 0.1) is 0 Å². The second-order valence-corrected chi connectivity index (χ2v) is 5.37. The smallest absolute Gasteiger partial charge is 0.137 e. The van der Waals surface area contributed by atoms with E-state index in [-0.39, 0.29) is 6.10 Å². The summed E-state index contributed by atoms with van der Waals surface area (Å²) in [6.45, 7) is 0.931. The first-order valence-corrected chi connectivity index (χ1v) is 7.88. The average Bonchev–Trinajstić information content (AvgIpc) is 2.67. The van der Waals surface area contributed by atoms with Crippen molar-refractivity contribution in [1.29, 1.82) is 0 Å². The van der Waals surface area contributed by atoms with Gasteiger partial charge in [-0.1, -0.05) is 36.4 Å². The van der Waals surface area contributed by atoms with Crippen molar-refractivity contribution in [1.82, 2.24) is 4.98 Å². The highest BCUT2D eigenvalue weighted by Gasteiger charge is 2.11. The summed E-state index contributed by atoms with van der Waals surface area (Å²) in [5, 5.41) is 0. The Labute approximate surface area is 141 Å². The molecule has 122 valence electrons. The third-order valence-corrected chi connectivity index (χ3v) is 3.62. The molecular weight excluding hydrogens is 300 g/mol. The van der Waals surface area contributed by atoms with Crippen LogP contribution in [0.15, 0.2) is 79.1 Å². The van der Waals surface area contributed by atoms with Crippen LogP contribution >= 0.6 is 0 Å². The molecule has 3 aromatic rings. The van der Waals surface area contributed by atoms with Crippen LogP contribution in [0.2, 0.25) is 0 Å². The maximum absolute atomic E-state index is 5.95. The minimum atomic E-state index is -0.213. The molecule has 4 heteroatoms. The van der Waals surface area contributed by atoms with Gasteiger partial charge in [-0.25, -0.2) is 0 Å². The summed E-state index contributed by atoms with van der Waals surface area (Å²) in [4.78, 5) is 4.11. The van der Waals surface area contributed by atoms with Crippen molar-refractivity contribution in [3.63, 3.8) is 0 Å². The third-order valence-electron chi connectivity index (χ3n) is 3.62. The minimum Gasteiger partial charge on any atom is -0.489 e. The zero-order chi connectivity index (χ0) is 16.6. The van der Waals surface area contributed by atoms with Crippen LogP contribution in [-0.2, 0) is 6.61 Å². The van der Waals surface area contributed by atoms with E-state index in [4.69, 9.17) is 15.2 Å². The molecule has 2 N–H and O–H groups in total. The Morgan fingerprint density at radius 3 is 2.29 bits per heavy atom. The van der Waals surface area contributed by atoms with E-state index in [1.807, 2.05) is 66.7 Å². The lowest BCUT2D eigenvalue weighted by atomic mass is 10.1. The number of rotatable bonds is 7. The van der Waals surface area contributed by atoms with Crippen molar-refractivity contribution in [3.8, 4) is 11.5 Å². The highest BCUT2D eigenvalue weighted by atomic mass is 16.5. The Balaban J connectivity index is 1.59. The van der Waals surface area contributed by atoms with Crippen LogP contribution in [0.3, 0.4) is 0 Å². The maximum Gasteiger partial charge on any atom is 0.137 e. The largest absolute Gasteiger partial charge is 0.489 e. The van der Waals surface area contributed by atoms with Crippen LogP contribution in [0, 0.1) is 0 Å². The summed E-state index contributed by atoms with van der Waals surface area (Å²) in [5.74, 6) is 1.55. The van der Waals surface area contributed by atoms with Gasteiger partial charge in [0.15, 0.2) is 0 Å². The quantitative estimate of drug-likeness (QED) is 0.720. The lowest BCUT2D eigenvalue weighted by Gasteiger charge is -2.17. The summed E-state index contributed by atoms with van der Waals surface area (Å²) >= 11 is 0. The second kappa shape index (κ2) is 8.13.